The van der Waals surface area contributed by atoms with Crippen LogP contribution in [0.2, 0.25) is 0 Å². The van der Waals surface area contributed by atoms with Crippen molar-refractivity contribution in [2.75, 3.05) is 4.31 Å². The summed E-state index contributed by atoms with van der Waals surface area (Å²) in [7, 11) is -8.03. The third-order valence-electron chi connectivity index (χ3n) is 4.88. The summed E-state index contributed by atoms with van der Waals surface area (Å²) in [6.45, 7) is 4.90. The second kappa shape index (κ2) is 6.54. The van der Waals surface area contributed by atoms with Crippen molar-refractivity contribution in [3.63, 3.8) is 0 Å². The first kappa shape index (κ1) is 20.2. The fourth-order valence-corrected chi connectivity index (χ4v) is 5.99. The number of anilines is 1. The van der Waals surface area contributed by atoms with Gasteiger partial charge in [0.2, 0.25) is 10.0 Å². The van der Waals surface area contributed by atoms with Gasteiger partial charge in [-0.25, -0.2) is 22.0 Å². The van der Waals surface area contributed by atoms with Crippen LogP contribution in [0.15, 0.2) is 40.1 Å². The van der Waals surface area contributed by atoms with Gasteiger partial charge in [-0.2, -0.15) is 0 Å². The number of hydrogen-bond donors (Lipinski definition) is 1. The quantitative estimate of drug-likeness (QED) is 0.587. The number of sulfonamides is 2. The molecular formula is C17H19N3O6S2. The van der Waals surface area contributed by atoms with Crippen molar-refractivity contribution in [1.29, 1.82) is 0 Å². The van der Waals surface area contributed by atoms with Crippen molar-refractivity contribution in [1.82, 2.24) is 0 Å². The number of non-ortho nitro benzene ring substituents is 1. The molecule has 0 fully saturated rings. The topological polar surface area (TPSA) is 141 Å². The van der Waals surface area contributed by atoms with Crippen LogP contribution in [-0.2, 0) is 26.5 Å². The molecule has 2 aromatic carbocycles. The summed E-state index contributed by atoms with van der Waals surface area (Å²) in [5.41, 5.74) is 1.47. The Morgan fingerprint density at radius 2 is 1.79 bits per heavy atom. The van der Waals surface area contributed by atoms with Gasteiger partial charge < -0.3 is 0 Å². The molecule has 0 bridgehead atoms. The number of nitro benzene ring substituents is 1. The van der Waals surface area contributed by atoms with E-state index in [9.17, 15) is 26.9 Å². The molecule has 28 heavy (non-hydrogen) atoms. The Hall–Kier alpha value is -2.50. The van der Waals surface area contributed by atoms with E-state index in [4.69, 9.17) is 5.14 Å². The highest BCUT2D eigenvalue weighted by molar-refractivity contribution is 7.93. The second-order valence-electron chi connectivity index (χ2n) is 6.83. The van der Waals surface area contributed by atoms with Crippen LogP contribution in [0.1, 0.15) is 23.6 Å². The molecule has 1 unspecified atom stereocenters. The third-order valence-corrected chi connectivity index (χ3v) is 7.85. The number of benzene rings is 2. The van der Waals surface area contributed by atoms with Crippen molar-refractivity contribution >= 4 is 31.4 Å². The van der Waals surface area contributed by atoms with Gasteiger partial charge in [-0.05, 0) is 62.1 Å². The Bertz CT molecular complexity index is 1210. The summed E-state index contributed by atoms with van der Waals surface area (Å²) in [5.74, 6) is 0. The maximum absolute atomic E-state index is 13.4. The molecule has 11 heteroatoms. The van der Waals surface area contributed by atoms with Gasteiger partial charge in [-0.3, -0.25) is 14.4 Å². The highest BCUT2D eigenvalue weighted by Crippen LogP contribution is 2.39. The lowest BCUT2D eigenvalue weighted by molar-refractivity contribution is -0.385. The van der Waals surface area contributed by atoms with E-state index >= 15 is 0 Å². The molecule has 1 aliphatic heterocycles. The maximum atomic E-state index is 13.4. The lowest BCUT2D eigenvalue weighted by Crippen LogP contribution is -2.36. The molecule has 150 valence electrons. The lowest BCUT2D eigenvalue weighted by atomic mass is 10.1. The number of nitrogens with zero attached hydrogens (tertiary/aromatic N) is 2. The molecule has 0 amide bonds. The minimum absolute atomic E-state index is 0.0972. The summed E-state index contributed by atoms with van der Waals surface area (Å²) in [4.78, 5) is 10.3. The van der Waals surface area contributed by atoms with Gasteiger partial charge in [0.15, 0.2) is 0 Å². The van der Waals surface area contributed by atoms with E-state index in [2.05, 4.69) is 0 Å². The molecule has 0 saturated heterocycles. The maximum Gasteiger partial charge on any atom is 0.271 e. The van der Waals surface area contributed by atoms with Gasteiger partial charge in [0.1, 0.15) is 0 Å². The van der Waals surface area contributed by atoms with E-state index in [1.54, 1.807) is 20.8 Å². The largest absolute Gasteiger partial charge is 0.271 e. The predicted molar refractivity (Wildman–Crippen MR) is 103 cm³/mol. The molecule has 2 aromatic rings. The van der Waals surface area contributed by atoms with E-state index in [-0.39, 0.29) is 15.5 Å². The first-order valence-corrected chi connectivity index (χ1v) is 11.3. The molecule has 9 nitrogen and oxygen atoms in total. The second-order valence-corrected chi connectivity index (χ2v) is 10.2. The van der Waals surface area contributed by atoms with Crippen LogP contribution < -0.4 is 9.44 Å². The van der Waals surface area contributed by atoms with Gasteiger partial charge in [0, 0.05) is 18.2 Å². The number of hydrogen-bond acceptors (Lipinski definition) is 6. The van der Waals surface area contributed by atoms with Crippen molar-refractivity contribution in [2.45, 2.75) is 43.0 Å². The fraction of sp³-hybridized carbons (Fsp3) is 0.294. The highest BCUT2D eigenvalue weighted by atomic mass is 32.2. The van der Waals surface area contributed by atoms with Crippen LogP contribution >= 0.6 is 0 Å². The number of rotatable bonds is 4. The van der Waals surface area contributed by atoms with Crippen molar-refractivity contribution in [3.05, 3.63) is 57.1 Å². The SMILES string of the molecule is Cc1cc([N+](=O)[O-])cc(S(=O)(=O)N2c3ccc(S(N)(=O)=O)cc3CC2C)c1C. The van der Waals surface area contributed by atoms with Crippen molar-refractivity contribution in [2.24, 2.45) is 5.14 Å². The van der Waals surface area contributed by atoms with Crippen LogP contribution in [0, 0.1) is 24.0 Å². The summed E-state index contributed by atoms with van der Waals surface area (Å²) >= 11 is 0. The van der Waals surface area contributed by atoms with E-state index in [1.807, 2.05) is 0 Å². The summed E-state index contributed by atoms with van der Waals surface area (Å²) in [5, 5.41) is 16.3. The Balaban J connectivity index is 2.19. The Kier molecular flexibility index (Phi) is 4.72. The fourth-order valence-electron chi connectivity index (χ4n) is 3.41. The Morgan fingerprint density at radius 3 is 2.36 bits per heavy atom. The molecule has 1 atom stereocenters. The zero-order chi connectivity index (χ0) is 21.0. The summed E-state index contributed by atoms with van der Waals surface area (Å²) in [6.07, 6.45) is 0.297. The first-order valence-electron chi connectivity index (χ1n) is 8.30. The molecule has 0 spiro atoms. The van der Waals surface area contributed by atoms with Gasteiger partial charge in [-0.1, -0.05) is 0 Å². The van der Waals surface area contributed by atoms with Gasteiger partial charge in [-0.15, -0.1) is 0 Å². The standard InChI is InChI=1S/C17H19N3O6S2/c1-10-6-14(20(21)22)9-17(12(10)3)28(25,26)19-11(2)7-13-8-15(27(18,23)24)4-5-16(13)19/h4-6,8-9,11H,7H2,1-3H3,(H2,18,23,24). The number of fused-ring (bicyclic) bond motifs is 1. The number of primary sulfonamides is 1. The monoisotopic (exact) mass is 425 g/mol. The number of nitrogens with two attached hydrogens (primary N) is 1. The molecule has 0 radical (unpaired) electrons. The van der Waals surface area contributed by atoms with E-state index in [0.29, 0.717) is 28.8 Å². The first-order chi connectivity index (χ1) is 12.8. The van der Waals surface area contributed by atoms with E-state index in [1.165, 1.54) is 28.6 Å². The third kappa shape index (κ3) is 3.25. The minimum atomic E-state index is -4.11. The molecule has 0 saturated carbocycles. The Morgan fingerprint density at radius 1 is 1.14 bits per heavy atom. The smallest absolute Gasteiger partial charge is 0.263 e. The van der Waals surface area contributed by atoms with Gasteiger partial charge >= 0.3 is 0 Å². The highest BCUT2D eigenvalue weighted by Gasteiger charge is 2.38. The predicted octanol–water partition coefficient (Wildman–Crippen LogP) is 2.00. The van der Waals surface area contributed by atoms with Crippen molar-refractivity contribution in [3.8, 4) is 0 Å². The zero-order valence-corrected chi connectivity index (χ0v) is 17.0. The summed E-state index contributed by atoms with van der Waals surface area (Å²) in [6, 6.07) is 5.91. The number of nitro groups is 1. The molecular weight excluding hydrogens is 406 g/mol. The summed E-state index contributed by atoms with van der Waals surface area (Å²) < 4.78 is 51.1. The molecule has 0 aliphatic carbocycles. The van der Waals surface area contributed by atoms with Crippen LogP contribution in [0.5, 0.6) is 0 Å². The van der Waals surface area contributed by atoms with Gasteiger partial charge in [0.05, 0.1) is 20.4 Å². The molecule has 0 aromatic heterocycles. The number of aryl methyl sites for hydroxylation is 1. The van der Waals surface area contributed by atoms with Crippen LogP contribution in [0.3, 0.4) is 0 Å². The van der Waals surface area contributed by atoms with Crippen LogP contribution in [0.4, 0.5) is 11.4 Å². The van der Waals surface area contributed by atoms with E-state index in [0.717, 1.165) is 6.07 Å². The van der Waals surface area contributed by atoms with Crippen LogP contribution in [0.25, 0.3) is 0 Å². The van der Waals surface area contributed by atoms with Crippen LogP contribution in [-0.4, -0.2) is 27.8 Å². The lowest BCUT2D eigenvalue weighted by Gasteiger charge is -2.25. The zero-order valence-electron chi connectivity index (χ0n) is 15.4. The van der Waals surface area contributed by atoms with E-state index < -0.39 is 31.0 Å². The molecule has 2 N–H and O–H groups in total. The molecule has 1 aliphatic rings. The average molecular weight is 425 g/mol. The van der Waals surface area contributed by atoms with Gasteiger partial charge in [0.25, 0.3) is 15.7 Å². The van der Waals surface area contributed by atoms with Crippen molar-refractivity contribution < 1.29 is 21.8 Å². The average Bonchev–Trinajstić information content (AvgIpc) is 2.91. The normalized spacial score (nSPS) is 16.9. The molecule has 3 rings (SSSR count). The Labute approximate surface area is 163 Å². The molecule has 1 heterocycles. The minimum Gasteiger partial charge on any atom is -0.263 e.